The lowest BCUT2D eigenvalue weighted by Crippen LogP contribution is -2.41. The minimum Gasteiger partial charge on any atom is -0.497 e. The fourth-order valence-corrected chi connectivity index (χ4v) is 3.43. The summed E-state index contributed by atoms with van der Waals surface area (Å²) < 4.78 is 15.3. The largest absolute Gasteiger partial charge is 0.497 e. The maximum atomic E-state index is 13.1. The first kappa shape index (κ1) is 22.5. The molecule has 0 radical (unpaired) electrons. The lowest BCUT2D eigenvalue weighted by Gasteiger charge is -2.27. The average molecular weight is 406 g/mol. The summed E-state index contributed by atoms with van der Waals surface area (Å²) in [5.74, 6) is 0.266. The van der Waals surface area contributed by atoms with Crippen LogP contribution >= 0.6 is 0 Å². The van der Waals surface area contributed by atoms with Crippen LogP contribution in [0.3, 0.4) is 0 Å². The van der Waals surface area contributed by atoms with Gasteiger partial charge >= 0.3 is 5.97 Å². The molecule has 1 aromatic carbocycles. The van der Waals surface area contributed by atoms with E-state index in [-0.39, 0.29) is 49.6 Å². The molecule has 1 saturated heterocycles. The van der Waals surface area contributed by atoms with Crippen LogP contribution in [0.15, 0.2) is 18.2 Å². The second-order valence-electron chi connectivity index (χ2n) is 7.45. The van der Waals surface area contributed by atoms with E-state index in [0.29, 0.717) is 23.7 Å². The number of nitrogens with zero attached hydrogens (tertiary/aromatic N) is 2. The minimum atomic E-state index is -0.477. The van der Waals surface area contributed by atoms with Crippen molar-refractivity contribution in [3.05, 3.63) is 18.2 Å². The summed E-state index contributed by atoms with van der Waals surface area (Å²) in [7, 11) is 4.41. The maximum Gasteiger partial charge on any atom is 0.307 e. The van der Waals surface area contributed by atoms with Crippen molar-refractivity contribution in [2.75, 3.05) is 45.9 Å². The minimum absolute atomic E-state index is 0.117. The number of methoxy groups -OCH3 is 3. The first-order valence-corrected chi connectivity index (χ1v) is 9.68. The summed E-state index contributed by atoms with van der Waals surface area (Å²) in [5.41, 5.74) is 0.581. The highest BCUT2D eigenvalue weighted by Gasteiger charge is 2.38. The van der Waals surface area contributed by atoms with E-state index >= 15 is 0 Å². The molecule has 2 rings (SSSR count). The Kier molecular flexibility index (Phi) is 7.87. The van der Waals surface area contributed by atoms with Crippen molar-refractivity contribution in [1.82, 2.24) is 4.90 Å². The molecule has 8 nitrogen and oxygen atoms in total. The molecule has 0 N–H and O–H groups in total. The Balaban J connectivity index is 2.18. The Morgan fingerprint density at radius 2 is 1.93 bits per heavy atom. The van der Waals surface area contributed by atoms with Crippen LogP contribution in [0.1, 0.15) is 26.7 Å². The molecule has 1 aliphatic heterocycles. The van der Waals surface area contributed by atoms with E-state index in [9.17, 15) is 14.4 Å². The predicted octanol–water partition coefficient (Wildman–Crippen LogP) is 2.10. The highest BCUT2D eigenvalue weighted by molar-refractivity contribution is 6.01. The molecule has 2 amide bonds. The number of hydrogen-bond donors (Lipinski definition) is 0. The van der Waals surface area contributed by atoms with Gasteiger partial charge in [-0.2, -0.15) is 0 Å². The number of amides is 2. The van der Waals surface area contributed by atoms with E-state index in [1.54, 1.807) is 35.1 Å². The first-order valence-electron chi connectivity index (χ1n) is 9.68. The predicted molar refractivity (Wildman–Crippen MR) is 108 cm³/mol. The summed E-state index contributed by atoms with van der Waals surface area (Å²) in [6, 6.07) is 5.22. The molecular weight excluding hydrogens is 376 g/mol. The number of carbonyl (C=O) groups is 3. The second kappa shape index (κ2) is 10.1. The molecule has 1 atom stereocenters. The fraction of sp³-hybridized carbons (Fsp3) is 0.571. The van der Waals surface area contributed by atoms with Gasteiger partial charge < -0.3 is 24.0 Å². The van der Waals surface area contributed by atoms with Crippen molar-refractivity contribution in [1.29, 1.82) is 0 Å². The van der Waals surface area contributed by atoms with Crippen LogP contribution in [0, 0.1) is 11.8 Å². The second-order valence-corrected chi connectivity index (χ2v) is 7.45. The highest BCUT2D eigenvalue weighted by Crippen LogP contribution is 2.36. The molecule has 1 aliphatic rings. The van der Waals surface area contributed by atoms with E-state index in [1.807, 2.05) is 13.8 Å². The fourth-order valence-electron chi connectivity index (χ4n) is 3.43. The molecule has 1 unspecified atom stereocenters. The molecule has 1 fully saturated rings. The van der Waals surface area contributed by atoms with Crippen molar-refractivity contribution >= 4 is 23.5 Å². The van der Waals surface area contributed by atoms with Gasteiger partial charge in [-0.15, -0.1) is 0 Å². The number of esters is 1. The first-order chi connectivity index (χ1) is 13.8. The van der Waals surface area contributed by atoms with Gasteiger partial charge in [-0.25, -0.2) is 0 Å². The molecule has 0 spiro atoms. The number of hydrogen-bond acceptors (Lipinski definition) is 6. The third kappa shape index (κ3) is 5.62. The van der Waals surface area contributed by atoms with Gasteiger partial charge in [-0.05, 0) is 18.1 Å². The van der Waals surface area contributed by atoms with E-state index < -0.39 is 5.92 Å². The van der Waals surface area contributed by atoms with E-state index in [4.69, 9.17) is 9.47 Å². The molecule has 160 valence electrons. The van der Waals surface area contributed by atoms with Crippen LogP contribution in [-0.4, -0.2) is 63.6 Å². The average Bonchev–Trinajstić information content (AvgIpc) is 3.10. The lowest BCUT2D eigenvalue weighted by molar-refractivity contribution is -0.142. The van der Waals surface area contributed by atoms with Crippen molar-refractivity contribution in [3.8, 4) is 11.5 Å². The molecule has 1 aromatic rings. The van der Waals surface area contributed by atoms with E-state index in [2.05, 4.69) is 4.74 Å². The van der Waals surface area contributed by atoms with Crippen LogP contribution < -0.4 is 14.4 Å². The third-order valence-corrected chi connectivity index (χ3v) is 4.86. The number of benzene rings is 1. The van der Waals surface area contributed by atoms with Crippen molar-refractivity contribution < 1.29 is 28.6 Å². The topological polar surface area (TPSA) is 85.4 Å². The quantitative estimate of drug-likeness (QED) is 0.584. The standard InChI is InChI=1S/C21H30N2O6/c1-14(2)12-22(9-8-20(25)29-5)21(26)15-10-19(24)23(13-15)17-11-16(27-3)6-7-18(17)28-4/h6-7,11,14-15H,8-10,12-13H2,1-5H3. The molecule has 0 aromatic heterocycles. The van der Waals surface area contributed by atoms with Crippen LogP contribution in [0.4, 0.5) is 5.69 Å². The lowest BCUT2D eigenvalue weighted by atomic mass is 10.1. The van der Waals surface area contributed by atoms with Crippen LogP contribution in [0.2, 0.25) is 0 Å². The third-order valence-electron chi connectivity index (χ3n) is 4.86. The summed E-state index contributed by atoms with van der Waals surface area (Å²) in [6.07, 6.45) is 0.245. The molecule has 0 bridgehead atoms. The smallest absolute Gasteiger partial charge is 0.307 e. The van der Waals surface area contributed by atoms with Crippen LogP contribution in [-0.2, 0) is 19.1 Å². The SMILES string of the molecule is COC(=O)CCN(CC(C)C)C(=O)C1CC(=O)N(c2cc(OC)ccc2OC)C1. The Bertz CT molecular complexity index is 749. The van der Waals surface area contributed by atoms with Crippen LogP contribution in [0.5, 0.6) is 11.5 Å². The number of carbonyl (C=O) groups excluding carboxylic acids is 3. The Morgan fingerprint density at radius 3 is 2.52 bits per heavy atom. The number of rotatable bonds is 9. The Labute approximate surface area is 171 Å². The number of ether oxygens (including phenoxy) is 3. The molecule has 29 heavy (non-hydrogen) atoms. The monoisotopic (exact) mass is 406 g/mol. The highest BCUT2D eigenvalue weighted by atomic mass is 16.5. The number of anilines is 1. The van der Waals surface area contributed by atoms with Crippen LogP contribution in [0.25, 0.3) is 0 Å². The summed E-state index contributed by atoms with van der Waals surface area (Å²) in [6.45, 7) is 5.06. The van der Waals surface area contributed by atoms with Gasteiger partial charge in [0.05, 0.1) is 39.4 Å². The van der Waals surface area contributed by atoms with E-state index in [0.717, 1.165) is 0 Å². The van der Waals surface area contributed by atoms with E-state index in [1.165, 1.54) is 14.2 Å². The Morgan fingerprint density at radius 1 is 1.21 bits per heavy atom. The summed E-state index contributed by atoms with van der Waals surface area (Å²) in [4.78, 5) is 40.6. The normalized spacial score (nSPS) is 16.1. The zero-order valence-corrected chi connectivity index (χ0v) is 17.8. The molecule has 1 heterocycles. The molecular formula is C21H30N2O6. The van der Waals surface area contributed by atoms with Gasteiger partial charge in [-0.1, -0.05) is 13.8 Å². The van der Waals surface area contributed by atoms with Gasteiger partial charge in [0.1, 0.15) is 11.5 Å². The molecule has 0 aliphatic carbocycles. The summed E-state index contributed by atoms with van der Waals surface area (Å²) >= 11 is 0. The molecule has 8 heteroatoms. The van der Waals surface area contributed by atoms with Crippen molar-refractivity contribution in [2.24, 2.45) is 11.8 Å². The van der Waals surface area contributed by atoms with Gasteiger partial charge in [0.15, 0.2) is 0 Å². The van der Waals surface area contributed by atoms with Gasteiger partial charge in [0.25, 0.3) is 0 Å². The maximum absolute atomic E-state index is 13.1. The van der Waals surface area contributed by atoms with Crippen molar-refractivity contribution in [3.63, 3.8) is 0 Å². The Hall–Kier alpha value is -2.77. The zero-order valence-electron chi connectivity index (χ0n) is 17.8. The zero-order chi connectivity index (χ0) is 21.6. The van der Waals surface area contributed by atoms with Crippen molar-refractivity contribution in [2.45, 2.75) is 26.7 Å². The van der Waals surface area contributed by atoms with Gasteiger partial charge in [0, 0.05) is 32.1 Å². The molecule has 0 saturated carbocycles. The van der Waals surface area contributed by atoms with Gasteiger partial charge in [-0.3, -0.25) is 14.4 Å². The van der Waals surface area contributed by atoms with Gasteiger partial charge in [0.2, 0.25) is 11.8 Å². The summed E-state index contributed by atoms with van der Waals surface area (Å²) in [5, 5.41) is 0.